The van der Waals surface area contributed by atoms with Crippen LogP contribution < -0.4 is 0 Å². The number of carbonyl (C=O) groups is 1. The molecule has 0 N–H and O–H groups in total. The minimum atomic E-state index is -0.116. The first-order valence-electron chi connectivity index (χ1n) is 2.86. The van der Waals surface area contributed by atoms with E-state index in [-0.39, 0.29) is 6.10 Å². The SMILES string of the molecule is CO[C@H](C=O)C1CC1. The fraction of sp³-hybridized carbons (Fsp3) is 0.833. The summed E-state index contributed by atoms with van der Waals surface area (Å²) in [4.78, 5) is 10.1. The van der Waals surface area contributed by atoms with Crippen LogP contribution in [0.25, 0.3) is 0 Å². The fourth-order valence-corrected chi connectivity index (χ4v) is 0.784. The van der Waals surface area contributed by atoms with Crippen LogP contribution in [0.5, 0.6) is 0 Å². The van der Waals surface area contributed by atoms with E-state index in [0.29, 0.717) is 5.92 Å². The molecule has 0 aromatic heterocycles. The molecule has 2 nitrogen and oxygen atoms in total. The molecule has 1 rings (SSSR count). The number of aldehydes is 1. The molecule has 2 heteroatoms. The van der Waals surface area contributed by atoms with Gasteiger partial charge < -0.3 is 9.53 Å². The third kappa shape index (κ3) is 1.07. The molecule has 1 fully saturated rings. The molecule has 0 aliphatic heterocycles. The molecule has 1 aliphatic carbocycles. The summed E-state index contributed by atoms with van der Waals surface area (Å²) in [5, 5.41) is 0. The minimum Gasteiger partial charge on any atom is -0.374 e. The van der Waals surface area contributed by atoms with Crippen molar-refractivity contribution in [2.24, 2.45) is 5.92 Å². The number of carbonyl (C=O) groups excluding carboxylic acids is 1. The Labute approximate surface area is 48.8 Å². The molecule has 0 radical (unpaired) electrons. The number of rotatable bonds is 3. The van der Waals surface area contributed by atoms with Crippen LogP contribution in [-0.2, 0) is 9.53 Å². The number of hydrogen-bond donors (Lipinski definition) is 0. The summed E-state index contributed by atoms with van der Waals surface area (Å²) >= 11 is 0. The van der Waals surface area contributed by atoms with Crippen molar-refractivity contribution >= 4 is 6.29 Å². The average molecular weight is 114 g/mol. The Morgan fingerprint density at radius 2 is 2.38 bits per heavy atom. The number of hydrogen-bond acceptors (Lipinski definition) is 2. The van der Waals surface area contributed by atoms with Crippen LogP contribution in [0, 0.1) is 5.92 Å². The van der Waals surface area contributed by atoms with Crippen LogP contribution in [0.15, 0.2) is 0 Å². The van der Waals surface area contributed by atoms with Crippen molar-refractivity contribution in [1.82, 2.24) is 0 Å². The van der Waals surface area contributed by atoms with Crippen LogP contribution >= 0.6 is 0 Å². The quantitative estimate of drug-likeness (QED) is 0.502. The van der Waals surface area contributed by atoms with Gasteiger partial charge in [-0.25, -0.2) is 0 Å². The Morgan fingerprint density at radius 1 is 1.75 bits per heavy atom. The van der Waals surface area contributed by atoms with Gasteiger partial charge in [0.05, 0.1) is 0 Å². The summed E-state index contributed by atoms with van der Waals surface area (Å²) < 4.78 is 4.86. The van der Waals surface area contributed by atoms with Crippen molar-refractivity contribution in [1.29, 1.82) is 0 Å². The second kappa shape index (κ2) is 2.27. The van der Waals surface area contributed by atoms with Crippen LogP contribution in [0.1, 0.15) is 12.8 Å². The molecule has 0 aromatic carbocycles. The fourth-order valence-electron chi connectivity index (χ4n) is 0.784. The summed E-state index contributed by atoms with van der Waals surface area (Å²) in [6, 6.07) is 0. The van der Waals surface area contributed by atoms with Gasteiger partial charge in [0, 0.05) is 7.11 Å². The largest absolute Gasteiger partial charge is 0.374 e. The van der Waals surface area contributed by atoms with Gasteiger partial charge in [-0.2, -0.15) is 0 Å². The van der Waals surface area contributed by atoms with E-state index in [4.69, 9.17) is 4.74 Å². The Balaban J connectivity index is 2.25. The van der Waals surface area contributed by atoms with E-state index in [9.17, 15) is 4.79 Å². The minimum absolute atomic E-state index is 0.116. The van der Waals surface area contributed by atoms with E-state index in [0.717, 1.165) is 19.1 Å². The van der Waals surface area contributed by atoms with Gasteiger partial charge in [-0.15, -0.1) is 0 Å². The lowest BCUT2D eigenvalue weighted by atomic mass is 10.3. The normalized spacial score (nSPS) is 22.6. The van der Waals surface area contributed by atoms with Gasteiger partial charge in [0.15, 0.2) is 0 Å². The molecule has 0 aromatic rings. The van der Waals surface area contributed by atoms with Gasteiger partial charge in [0.1, 0.15) is 12.4 Å². The first kappa shape index (κ1) is 5.76. The highest BCUT2D eigenvalue weighted by Crippen LogP contribution is 2.32. The summed E-state index contributed by atoms with van der Waals surface area (Å²) in [7, 11) is 1.58. The zero-order valence-corrected chi connectivity index (χ0v) is 4.96. The topological polar surface area (TPSA) is 26.3 Å². The molecule has 1 atom stereocenters. The Hall–Kier alpha value is -0.370. The standard InChI is InChI=1S/C6H10O2/c1-8-6(4-7)5-2-3-5/h4-6H,2-3H2,1H3/t6-/m1/s1. The Morgan fingerprint density at radius 3 is 2.50 bits per heavy atom. The van der Waals surface area contributed by atoms with E-state index in [1.807, 2.05) is 0 Å². The van der Waals surface area contributed by atoms with Crippen LogP contribution in [0.3, 0.4) is 0 Å². The van der Waals surface area contributed by atoms with Crippen molar-refractivity contribution in [2.75, 3.05) is 7.11 Å². The van der Waals surface area contributed by atoms with Gasteiger partial charge in [0.25, 0.3) is 0 Å². The van der Waals surface area contributed by atoms with E-state index in [1.54, 1.807) is 7.11 Å². The summed E-state index contributed by atoms with van der Waals surface area (Å²) in [6.07, 6.45) is 3.10. The maximum absolute atomic E-state index is 10.1. The molecule has 1 aliphatic rings. The second-order valence-electron chi connectivity index (χ2n) is 2.17. The maximum Gasteiger partial charge on any atom is 0.149 e. The van der Waals surface area contributed by atoms with E-state index < -0.39 is 0 Å². The number of methoxy groups -OCH3 is 1. The average Bonchev–Trinajstić information content (AvgIpc) is 2.53. The maximum atomic E-state index is 10.1. The molecular weight excluding hydrogens is 104 g/mol. The Bertz CT molecular complexity index is 86.5. The summed E-state index contributed by atoms with van der Waals surface area (Å²) in [5.41, 5.74) is 0. The van der Waals surface area contributed by atoms with E-state index in [1.165, 1.54) is 0 Å². The van der Waals surface area contributed by atoms with Gasteiger partial charge in [0.2, 0.25) is 0 Å². The van der Waals surface area contributed by atoms with E-state index >= 15 is 0 Å². The molecule has 0 unspecified atom stereocenters. The smallest absolute Gasteiger partial charge is 0.149 e. The van der Waals surface area contributed by atoms with E-state index in [2.05, 4.69) is 0 Å². The predicted octanol–water partition coefficient (Wildman–Crippen LogP) is 0.610. The second-order valence-corrected chi connectivity index (χ2v) is 2.17. The molecule has 46 valence electrons. The first-order chi connectivity index (χ1) is 3.88. The summed E-state index contributed by atoms with van der Waals surface area (Å²) in [6.45, 7) is 0. The van der Waals surface area contributed by atoms with Crippen molar-refractivity contribution in [3.63, 3.8) is 0 Å². The zero-order chi connectivity index (χ0) is 5.98. The molecule has 0 bridgehead atoms. The number of ether oxygens (including phenoxy) is 1. The van der Waals surface area contributed by atoms with Crippen LogP contribution in [0.4, 0.5) is 0 Å². The summed E-state index contributed by atoms with van der Waals surface area (Å²) in [5.74, 6) is 0.539. The molecule has 8 heavy (non-hydrogen) atoms. The lowest BCUT2D eigenvalue weighted by Gasteiger charge is -2.02. The first-order valence-corrected chi connectivity index (χ1v) is 2.86. The Kier molecular flexibility index (Phi) is 1.63. The predicted molar refractivity (Wildman–Crippen MR) is 29.6 cm³/mol. The molecule has 1 saturated carbocycles. The van der Waals surface area contributed by atoms with Crippen LogP contribution in [0.2, 0.25) is 0 Å². The molecule has 0 spiro atoms. The lowest BCUT2D eigenvalue weighted by Crippen LogP contribution is -2.13. The third-order valence-corrected chi connectivity index (χ3v) is 1.49. The zero-order valence-electron chi connectivity index (χ0n) is 4.96. The van der Waals surface area contributed by atoms with Gasteiger partial charge >= 0.3 is 0 Å². The molecule has 0 heterocycles. The highest BCUT2D eigenvalue weighted by Gasteiger charge is 2.30. The molecular formula is C6H10O2. The van der Waals surface area contributed by atoms with Gasteiger partial charge in [-0.05, 0) is 18.8 Å². The molecule has 0 amide bonds. The van der Waals surface area contributed by atoms with Crippen LogP contribution in [-0.4, -0.2) is 19.5 Å². The van der Waals surface area contributed by atoms with Crippen molar-refractivity contribution in [3.8, 4) is 0 Å². The monoisotopic (exact) mass is 114 g/mol. The van der Waals surface area contributed by atoms with Crippen molar-refractivity contribution in [3.05, 3.63) is 0 Å². The van der Waals surface area contributed by atoms with Crippen molar-refractivity contribution < 1.29 is 9.53 Å². The van der Waals surface area contributed by atoms with Crippen molar-refractivity contribution in [2.45, 2.75) is 18.9 Å². The third-order valence-electron chi connectivity index (χ3n) is 1.49. The highest BCUT2D eigenvalue weighted by atomic mass is 16.5. The van der Waals surface area contributed by atoms with Gasteiger partial charge in [-0.1, -0.05) is 0 Å². The molecule has 0 saturated heterocycles. The lowest BCUT2D eigenvalue weighted by molar-refractivity contribution is -0.117. The highest BCUT2D eigenvalue weighted by molar-refractivity contribution is 5.57. The van der Waals surface area contributed by atoms with Gasteiger partial charge in [-0.3, -0.25) is 0 Å².